The van der Waals surface area contributed by atoms with E-state index >= 15 is 0 Å². The lowest BCUT2D eigenvalue weighted by Crippen LogP contribution is -2.53. The molecule has 0 bridgehead atoms. The minimum atomic E-state index is -0.198. The summed E-state index contributed by atoms with van der Waals surface area (Å²) in [5.74, 6) is 0.238. The molecule has 3 rings (SSSR count). The Morgan fingerprint density at radius 2 is 2.26 bits per heavy atom. The second-order valence-corrected chi connectivity index (χ2v) is 5.52. The minimum absolute atomic E-state index is 0.160. The Morgan fingerprint density at radius 3 is 2.95 bits per heavy atom. The molecule has 1 aromatic rings. The SMILES string of the molecule is O=C(C1CNC1)N1CCCC1Cc1cccc(F)c1. The average Bonchev–Trinajstić information content (AvgIpc) is 2.74. The first-order valence-corrected chi connectivity index (χ1v) is 6.99. The molecule has 1 unspecified atom stereocenters. The number of halogens is 1. The van der Waals surface area contributed by atoms with Crippen LogP contribution in [0.3, 0.4) is 0 Å². The molecule has 2 saturated heterocycles. The van der Waals surface area contributed by atoms with Crippen LogP contribution >= 0.6 is 0 Å². The number of likely N-dealkylation sites (tertiary alicyclic amines) is 1. The molecular weight excluding hydrogens is 243 g/mol. The normalized spacial score (nSPS) is 23.4. The summed E-state index contributed by atoms with van der Waals surface area (Å²) < 4.78 is 13.2. The maximum absolute atomic E-state index is 13.2. The number of carbonyl (C=O) groups is 1. The van der Waals surface area contributed by atoms with Gasteiger partial charge in [0.1, 0.15) is 5.82 Å². The standard InChI is InChI=1S/C15H19FN2O/c16-13-4-1-3-11(7-13)8-14-5-2-6-18(14)15(19)12-9-17-10-12/h1,3-4,7,12,14,17H,2,5-6,8-10H2. The fourth-order valence-electron chi connectivity index (χ4n) is 2.97. The van der Waals surface area contributed by atoms with Gasteiger partial charge in [-0.25, -0.2) is 4.39 Å². The number of nitrogens with zero attached hydrogens (tertiary/aromatic N) is 1. The lowest BCUT2D eigenvalue weighted by Gasteiger charge is -2.33. The third-order valence-corrected chi connectivity index (χ3v) is 4.15. The van der Waals surface area contributed by atoms with Gasteiger partial charge in [0, 0.05) is 25.7 Å². The Morgan fingerprint density at radius 1 is 1.42 bits per heavy atom. The summed E-state index contributed by atoms with van der Waals surface area (Å²) in [4.78, 5) is 14.3. The van der Waals surface area contributed by atoms with Gasteiger partial charge in [0.15, 0.2) is 0 Å². The Balaban J connectivity index is 1.67. The third kappa shape index (κ3) is 2.63. The van der Waals surface area contributed by atoms with E-state index in [1.54, 1.807) is 12.1 Å². The molecule has 3 nitrogen and oxygen atoms in total. The van der Waals surface area contributed by atoms with Crippen molar-refractivity contribution in [3.05, 3.63) is 35.6 Å². The molecule has 102 valence electrons. The molecule has 1 amide bonds. The van der Waals surface area contributed by atoms with Crippen molar-refractivity contribution in [2.24, 2.45) is 5.92 Å². The van der Waals surface area contributed by atoms with Gasteiger partial charge in [-0.2, -0.15) is 0 Å². The van der Waals surface area contributed by atoms with Crippen LogP contribution in [-0.2, 0) is 11.2 Å². The molecule has 0 aliphatic carbocycles. The highest BCUT2D eigenvalue weighted by Crippen LogP contribution is 2.24. The molecule has 0 aromatic heterocycles. The van der Waals surface area contributed by atoms with Gasteiger partial charge in [0.2, 0.25) is 5.91 Å². The first-order chi connectivity index (χ1) is 9.24. The maximum atomic E-state index is 13.2. The predicted octanol–water partition coefficient (Wildman–Crippen LogP) is 1.58. The summed E-state index contributed by atoms with van der Waals surface area (Å²) in [6, 6.07) is 6.96. The van der Waals surface area contributed by atoms with Crippen molar-refractivity contribution in [3.63, 3.8) is 0 Å². The topological polar surface area (TPSA) is 32.3 Å². The smallest absolute Gasteiger partial charge is 0.228 e. The molecular formula is C15H19FN2O. The van der Waals surface area contributed by atoms with Crippen LogP contribution in [0.25, 0.3) is 0 Å². The monoisotopic (exact) mass is 262 g/mol. The van der Waals surface area contributed by atoms with Crippen LogP contribution in [-0.4, -0.2) is 36.5 Å². The highest BCUT2D eigenvalue weighted by Gasteiger charge is 2.35. The zero-order valence-corrected chi connectivity index (χ0v) is 10.9. The molecule has 1 aromatic carbocycles. The van der Waals surface area contributed by atoms with Gasteiger partial charge in [-0.3, -0.25) is 4.79 Å². The van der Waals surface area contributed by atoms with E-state index in [1.165, 1.54) is 6.07 Å². The molecule has 2 heterocycles. The summed E-state index contributed by atoms with van der Waals surface area (Å²) in [5, 5.41) is 3.14. The number of nitrogens with one attached hydrogen (secondary N) is 1. The summed E-state index contributed by atoms with van der Waals surface area (Å²) in [6.07, 6.45) is 2.86. The molecule has 1 N–H and O–H groups in total. The highest BCUT2D eigenvalue weighted by atomic mass is 19.1. The van der Waals surface area contributed by atoms with E-state index in [2.05, 4.69) is 5.32 Å². The van der Waals surface area contributed by atoms with Crippen molar-refractivity contribution >= 4 is 5.91 Å². The molecule has 4 heteroatoms. The average molecular weight is 262 g/mol. The highest BCUT2D eigenvalue weighted by molar-refractivity contribution is 5.80. The Kier molecular flexibility index (Phi) is 3.51. The van der Waals surface area contributed by atoms with Crippen LogP contribution in [0.4, 0.5) is 4.39 Å². The van der Waals surface area contributed by atoms with Crippen molar-refractivity contribution in [2.75, 3.05) is 19.6 Å². The van der Waals surface area contributed by atoms with Crippen LogP contribution in [0.2, 0.25) is 0 Å². The molecule has 2 aliphatic heterocycles. The van der Waals surface area contributed by atoms with Crippen molar-refractivity contribution in [1.82, 2.24) is 10.2 Å². The van der Waals surface area contributed by atoms with E-state index in [1.807, 2.05) is 11.0 Å². The van der Waals surface area contributed by atoms with Gasteiger partial charge >= 0.3 is 0 Å². The summed E-state index contributed by atoms with van der Waals surface area (Å²) in [5.41, 5.74) is 0.983. The van der Waals surface area contributed by atoms with E-state index in [4.69, 9.17) is 0 Å². The first-order valence-electron chi connectivity index (χ1n) is 6.99. The molecule has 2 aliphatic rings. The van der Waals surface area contributed by atoms with Gasteiger partial charge in [-0.1, -0.05) is 12.1 Å². The zero-order valence-electron chi connectivity index (χ0n) is 10.9. The number of carbonyl (C=O) groups excluding carboxylic acids is 1. The van der Waals surface area contributed by atoms with E-state index in [-0.39, 0.29) is 23.7 Å². The lowest BCUT2D eigenvalue weighted by atomic mass is 9.99. The fraction of sp³-hybridized carbons (Fsp3) is 0.533. The molecule has 0 spiro atoms. The second kappa shape index (κ2) is 5.29. The number of benzene rings is 1. The quantitative estimate of drug-likeness (QED) is 0.897. The van der Waals surface area contributed by atoms with Gasteiger partial charge in [-0.05, 0) is 37.0 Å². The van der Waals surface area contributed by atoms with Crippen molar-refractivity contribution < 1.29 is 9.18 Å². The van der Waals surface area contributed by atoms with Crippen molar-refractivity contribution in [3.8, 4) is 0 Å². The number of amides is 1. The van der Waals surface area contributed by atoms with Gasteiger partial charge < -0.3 is 10.2 Å². The maximum Gasteiger partial charge on any atom is 0.228 e. The third-order valence-electron chi connectivity index (χ3n) is 4.15. The Bertz CT molecular complexity index is 473. The van der Waals surface area contributed by atoms with E-state index in [0.29, 0.717) is 0 Å². The van der Waals surface area contributed by atoms with Crippen LogP contribution in [0.5, 0.6) is 0 Å². The van der Waals surface area contributed by atoms with Crippen LogP contribution < -0.4 is 5.32 Å². The fourth-order valence-corrected chi connectivity index (χ4v) is 2.97. The van der Waals surface area contributed by atoms with Crippen LogP contribution in [0.1, 0.15) is 18.4 Å². The molecule has 2 fully saturated rings. The van der Waals surface area contributed by atoms with Gasteiger partial charge in [0.05, 0.1) is 5.92 Å². The summed E-state index contributed by atoms with van der Waals surface area (Å²) >= 11 is 0. The summed E-state index contributed by atoms with van der Waals surface area (Å²) in [6.45, 7) is 2.47. The second-order valence-electron chi connectivity index (χ2n) is 5.52. The van der Waals surface area contributed by atoms with E-state index < -0.39 is 0 Å². The lowest BCUT2D eigenvalue weighted by molar-refractivity contribution is -0.137. The first kappa shape index (κ1) is 12.6. The van der Waals surface area contributed by atoms with Crippen LogP contribution in [0, 0.1) is 11.7 Å². The van der Waals surface area contributed by atoms with Crippen LogP contribution in [0.15, 0.2) is 24.3 Å². The molecule has 1 atom stereocenters. The molecule has 0 saturated carbocycles. The van der Waals surface area contributed by atoms with Gasteiger partial charge in [-0.15, -0.1) is 0 Å². The minimum Gasteiger partial charge on any atom is -0.339 e. The summed E-state index contributed by atoms with van der Waals surface area (Å²) in [7, 11) is 0. The number of rotatable bonds is 3. The predicted molar refractivity (Wildman–Crippen MR) is 71.2 cm³/mol. The Labute approximate surface area is 112 Å². The molecule has 19 heavy (non-hydrogen) atoms. The van der Waals surface area contributed by atoms with Gasteiger partial charge in [0.25, 0.3) is 0 Å². The van der Waals surface area contributed by atoms with Crippen molar-refractivity contribution in [1.29, 1.82) is 0 Å². The number of hydrogen-bond donors (Lipinski definition) is 1. The zero-order chi connectivity index (χ0) is 13.2. The van der Waals surface area contributed by atoms with Crippen molar-refractivity contribution in [2.45, 2.75) is 25.3 Å². The number of hydrogen-bond acceptors (Lipinski definition) is 2. The van der Waals surface area contributed by atoms with E-state index in [0.717, 1.165) is 44.5 Å². The van der Waals surface area contributed by atoms with E-state index in [9.17, 15) is 9.18 Å². The molecule has 0 radical (unpaired) electrons. The Hall–Kier alpha value is -1.42. The largest absolute Gasteiger partial charge is 0.339 e.